The molecule has 0 bridgehead atoms. The van der Waals surface area contributed by atoms with Gasteiger partial charge < -0.3 is 4.74 Å². The highest BCUT2D eigenvalue weighted by molar-refractivity contribution is 5.26. The summed E-state index contributed by atoms with van der Waals surface area (Å²) in [5.74, 6) is 1.29. The van der Waals surface area contributed by atoms with Crippen molar-refractivity contribution in [1.82, 2.24) is 0 Å². The smallest absolute Gasteiger partial charge is 0.315 e. The van der Waals surface area contributed by atoms with Crippen LogP contribution in [0.1, 0.15) is 74.1 Å². The Balaban J connectivity index is 1.47. The van der Waals surface area contributed by atoms with Crippen LogP contribution in [0.25, 0.3) is 0 Å². The third kappa shape index (κ3) is 7.70. The minimum Gasteiger partial charge on any atom is -0.315 e. The standard InChI is InChI=1S/C29H36F2O/c1-3-5-6-8-24-9-11-25(12-10-24)21-29(30,31)32-22-26-15-19-28(20-16-26)27-17-13-23(7-4-2)14-18-27/h3-5,7,9-12,15-16,19-20,23,27H,6,8,13-14,17-18,21-22H2,1-2H3/b5-3+,7-4+. The highest BCUT2D eigenvalue weighted by atomic mass is 19.3. The van der Waals surface area contributed by atoms with E-state index in [4.69, 9.17) is 4.74 Å². The highest BCUT2D eigenvalue weighted by Gasteiger charge is 2.30. The number of allylic oxidation sites excluding steroid dienone is 4. The lowest BCUT2D eigenvalue weighted by molar-refractivity contribution is -0.244. The van der Waals surface area contributed by atoms with Crippen molar-refractivity contribution >= 4 is 0 Å². The van der Waals surface area contributed by atoms with Crippen LogP contribution in [0.2, 0.25) is 0 Å². The fraction of sp³-hybridized carbons (Fsp3) is 0.448. The Bertz CT molecular complexity index is 857. The molecule has 2 aromatic carbocycles. The van der Waals surface area contributed by atoms with Gasteiger partial charge in [-0.1, -0.05) is 72.8 Å². The molecule has 0 aliphatic heterocycles. The van der Waals surface area contributed by atoms with Crippen LogP contribution in [0.15, 0.2) is 72.8 Å². The molecule has 0 N–H and O–H groups in total. The molecule has 0 amide bonds. The van der Waals surface area contributed by atoms with Gasteiger partial charge in [0.25, 0.3) is 0 Å². The molecule has 0 aromatic heterocycles. The molecule has 32 heavy (non-hydrogen) atoms. The van der Waals surface area contributed by atoms with Crippen molar-refractivity contribution in [3.63, 3.8) is 0 Å². The Hall–Kier alpha value is -2.26. The molecular formula is C29H36F2O. The molecule has 0 atom stereocenters. The molecule has 172 valence electrons. The quantitative estimate of drug-likeness (QED) is 0.338. The SMILES string of the molecule is C/C=C/CCc1ccc(CC(F)(F)OCc2ccc(C3CCC(/C=C/C)CC3)cc2)cc1. The van der Waals surface area contributed by atoms with E-state index in [1.165, 1.54) is 31.2 Å². The van der Waals surface area contributed by atoms with Crippen LogP contribution in [-0.2, 0) is 24.2 Å². The number of rotatable bonds is 10. The van der Waals surface area contributed by atoms with E-state index in [1.807, 2.05) is 37.3 Å². The number of benzene rings is 2. The van der Waals surface area contributed by atoms with Gasteiger partial charge in [0.15, 0.2) is 0 Å². The van der Waals surface area contributed by atoms with Crippen molar-refractivity contribution in [3.05, 3.63) is 95.1 Å². The second kappa shape index (κ2) is 12.1. The number of hydrogen-bond acceptors (Lipinski definition) is 1. The third-order valence-electron chi connectivity index (χ3n) is 6.41. The van der Waals surface area contributed by atoms with E-state index in [9.17, 15) is 8.78 Å². The van der Waals surface area contributed by atoms with Crippen LogP contribution in [0.4, 0.5) is 8.78 Å². The molecule has 1 aliphatic carbocycles. The van der Waals surface area contributed by atoms with Gasteiger partial charge in [-0.2, -0.15) is 8.78 Å². The molecule has 3 heteroatoms. The number of alkyl halides is 2. The van der Waals surface area contributed by atoms with E-state index in [0.717, 1.165) is 24.0 Å². The van der Waals surface area contributed by atoms with E-state index < -0.39 is 12.5 Å². The Morgan fingerprint density at radius 3 is 2.09 bits per heavy atom. The van der Waals surface area contributed by atoms with Gasteiger partial charge in [0, 0.05) is 0 Å². The number of halogens is 2. The predicted octanol–water partition coefficient (Wildman–Crippen LogP) is 8.40. The molecule has 0 spiro atoms. The van der Waals surface area contributed by atoms with E-state index in [2.05, 4.69) is 37.3 Å². The lowest BCUT2D eigenvalue weighted by Gasteiger charge is -2.27. The fourth-order valence-electron chi connectivity index (χ4n) is 4.52. The molecule has 1 nitrogen and oxygen atoms in total. The first-order valence-electron chi connectivity index (χ1n) is 11.9. The molecule has 2 aromatic rings. The average molecular weight is 439 g/mol. The summed E-state index contributed by atoms with van der Waals surface area (Å²) in [5, 5.41) is 0. The number of aryl methyl sites for hydroxylation is 1. The summed E-state index contributed by atoms with van der Waals surface area (Å²) < 4.78 is 33.8. The maximum Gasteiger partial charge on any atom is 0.360 e. The number of hydrogen-bond donors (Lipinski definition) is 0. The van der Waals surface area contributed by atoms with Crippen molar-refractivity contribution in [2.24, 2.45) is 5.92 Å². The lowest BCUT2D eigenvalue weighted by atomic mass is 9.78. The molecule has 0 saturated heterocycles. The van der Waals surface area contributed by atoms with Gasteiger partial charge in [-0.3, -0.25) is 0 Å². The summed E-state index contributed by atoms with van der Waals surface area (Å²) in [4.78, 5) is 0. The van der Waals surface area contributed by atoms with Crippen LogP contribution in [-0.4, -0.2) is 6.11 Å². The van der Waals surface area contributed by atoms with Gasteiger partial charge in [-0.25, -0.2) is 0 Å². The zero-order valence-corrected chi connectivity index (χ0v) is 19.4. The van der Waals surface area contributed by atoms with E-state index in [-0.39, 0.29) is 6.61 Å². The van der Waals surface area contributed by atoms with Gasteiger partial charge in [0.2, 0.25) is 0 Å². The van der Waals surface area contributed by atoms with Gasteiger partial charge in [-0.15, -0.1) is 0 Å². The molecule has 3 rings (SSSR count). The predicted molar refractivity (Wildman–Crippen MR) is 129 cm³/mol. The summed E-state index contributed by atoms with van der Waals surface area (Å²) in [5.41, 5.74) is 3.85. The first kappa shape index (κ1) is 24.4. The van der Waals surface area contributed by atoms with Crippen LogP contribution in [0.3, 0.4) is 0 Å². The zero-order valence-electron chi connectivity index (χ0n) is 19.4. The first-order chi connectivity index (χ1) is 15.5. The van der Waals surface area contributed by atoms with Crippen LogP contribution >= 0.6 is 0 Å². The number of ether oxygens (including phenoxy) is 1. The summed E-state index contributed by atoms with van der Waals surface area (Å²) in [7, 11) is 0. The normalized spacial score (nSPS) is 19.8. The van der Waals surface area contributed by atoms with Crippen LogP contribution < -0.4 is 0 Å². The monoisotopic (exact) mass is 438 g/mol. The van der Waals surface area contributed by atoms with Crippen molar-refractivity contribution in [2.45, 2.75) is 77.4 Å². The fourth-order valence-corrected chi connectivity index (χ4v) is 4.52. The largest absolute Gasteiger partial charge is 0.360 e. The van der Waals surface area contributed by atoms with Gasteiger partial charge in [0.1, 0.15) is 0 Å². The Labute approximate surface area is 192 Å². The molecule has 1 fully saturated rings. The second-order valence-corrected chi connectivity index (χ2v) is 8.91. The van der Waals surface area contributed by atoms with Crippen molar-refractivity contribution < 1.29 is 13.5 Å². The lowest BCUT2D eigenvalue weighted by Crippen LogP contribution is -2.23. The van der Waals surface area contributed by atoms with Crippen molar-refractivity contribution in [1.29, 1.82) is 0 Å². The van der Waals surface area contributed by atoms with Gasteiger partial charge >= 0.3 is 6.11 Å². The maximum absolute atomic E-state index is 14.4. The van der Waals surface area contributed by atoms with Crippen LogP contribution in [0.5, 0.6) is 0 Å². The van der Waals surface area contributed by atoms with Gasteiger partial charge in [0.05, 0.1) is 13.0 Å². The molecule has 1 saturated carbocycles. The summed E-state index contributed by atoms with van der Waals surface area (Å²) >= 11 is 0. The average Bonchev–Trinajstić information content (AvgIpc) is 2.80. The molecule has 1 aliphatic rings. The summed E-state index contributed by atoms with van der Waals surface area (Å²) in [6, 6.07) is 15.5. The summed E-state index contributed by atoms with van der Waals surface area (Å²) in [6.45, 7) is 4.00. The second-order valence-electron chi connectivity index (χ2n) is 8.91. The first-order valence-corrected chi connectivity index (χ1v) is 11.9. The van der Waals surface area contributed by atoms with Crippen molar-refractivity contribution in [3.8, 4) is 0 Å². The Morgan fingerprint density at radius 2 is 1.47 bits per heavy atom. The third-order valence-corrected chi connectivity index (χ3v) is 6.41. The molecule has 0 unspecified atom stereocenters. The zero-order chi connectivity index (χ0) is 22.8. The maximum atomic E-state index is 14.4. The van der Waals surface area contributed by atoms with Gasteiger partial charge in [-0.05, 0) is 86.5 Å². The highest BCUT2D eigenvalue weighted by Crippen LogP contribution is 2.36. The Morgan fingerprint density at radius 1 is 0.844 bits per heavy atom. The molecular weight excluding hydrogens is 402 g/mol. The van der Waals surface area contributed by atoms with E-state index >= 15 is 0 Å². The van der Waals surface area contributed by atoms with E-state index in [0.29, 0.717) is 17.4 Å². The van der Waals surface area contributed by atoms with E-state index in [1.54, 1.807) is 12.1 Å². The minimum atomic E-state index is -3.18. The Kier molecular flexibility index (Phi) is 9.23. The molecule has 0 heterocycles. The molecule has 0 radical (unpaired) electrons. The minimum absolute atomic E-state index is 0.0806. The topological polar surface area (TPSA) is 9.23 Å². The van der Waals surface area contributed by atoms with Crippen molar-refractivity contribution in [2.75, 3.05) is 0 Å². The summed E-state index contributed by atoms with van der Waals surface area (Å²) in [6.07, 6.45) is 11.7. The van der Waals surface area contributed by atoms with Crippen LogP contribution in [0, 0.1) is 5.92 Å².